The van der Waals surface area contributed by atoms with Gasteiger partial charge in [0.25, 0.3) is 6.43 Å². The van der Waals surface area contributed by atoms with Crippen molar-refractivity contribution in [1.29, 1.82) is 0 Å². The average molecular weight is 277 g/mol. The maximum absolute atomic E-state index is 12.8. The fourth-order valence-electron chi connectivity index (χ4n) is 2.15. The highest BCUT2D eigenvalue weighted by atomic mass is 19.3. The number of alkyl halides is 2. The lowest BCUT2D eigenvalue weighted by Gasteiger charge is -2.06. The van der Waals surface area contributed by atoms with Crippen molar-refractivity contribution in [1.82, 2.24) is 9.55 Å². The van der Waals surface area contributed by atoms with Gasteiger partial charge in [-0.2, -0.15) is 0 Å². The van der Waals surface area contributed by atoms with E-state index in [1.165, 1.54) is 12.1 Å². The molecule has 5 heteroatoms. The summed E-state index contributed by atoms with van der Waals surface area (Å²) in [5.41, 5.74) is 7.22. The first kappa shape index (κ1) is 14.2. The molecule has 0 radical (unpaired) electrons. The van der Waals surface area contributed by atoms with E-state index in [1.807, 2.05) is 11.5 Å². The highest BCUT2D eigenvalue weighted by Crippen LogP contribution is 2.29. The summed E-state index contributed by atoms with van der Waals surface area (Å²) in [6.07, 6.45) is -0.0551. The topological polar surface area (TPSA) is 43.8 Å². The van der Waals surface area contributed by atoms with Gasteiger partial charge in [0, 0.05) is 24.1 Å². The number of imidazole rings is 1. The third-order valence-electron chi connectivity index (χ3n) is 3.13. The number of benzene rings is 1. The minimum absolute atomic E-state index is 0.0294. The van der Waals surface area contributed by atoms with E-state index in [0.29, 0.717) is 30.0 Å². The number of nitrogens with zero attached hydrogens (tertiary/aromatic N) is 2. The lowest BCUT2D eigenvalue weighted by Crippen LogP contribution is -2.05. The number of aryl methyl sites for hydroxylation is 1. The Balaban J connectivity index is 2.52. The Bertz CT molecular complexity index is 618. The van der Waals surface area contributed by atoms with Gasteiger partial charge in [-0.05, 0) is 6.07 Å². The number of hydrogen-bond acceptors (Lipinski definition) is 2. The fourth-order valence-corrected chi connectivity index (χ4v) is 2.15. The van der Waals surface area contributed by atoms with E-state index in [0.717, 1.165) is 5.82 Å². The summed E-state index contributed by atoms with van der Waals surface area (Å²) in [4.78, 5) is 4.46. The fraction of sp³-hybridized carbons (Fsp3) is 0.267. The second-order valence-corrected chi connectivity index (χ2v) is 4.44. The van der Waals surface area contributed by atoms with Crippen LogP contribution in [0.4, 0.5) is 14.6 Å². The molecule has 0 fully saturated rings. The number of halogens is 2. The van der Waals surface area contributed by atoms with Gasteiger partial charge in [0.2, 0.25) is 0 Å². The van der Waals surface area contributed by atoms with Crippen molar-refractivity contribution in [2.45, 2.75) is 26.3 Å². The van der Waals surface area contributed by atoms with Crippen LogP contribution in [0.15, 0.2) is 36.9 Å². The van der Waals surface area contributed by atoms with Crippen molar-refractivity contribution in [2.75, 3.05) is 5.73 Å². The van der Waals surface area contributed by atoms with Crippen LogP contribution < -0.4 is 5.73 Å². The molecule has 2 rings (SSSR count). The van der Waals surface area contributed by atoms with Crippen molar-refractivity contribution in [3.8, 4) is 11.3 Å². The lowest BCUT2D eigenvalue weighted by molar-refractivity contribution is 0.151. The number of nitrogens with two attached hydrogens (primary N) is 1. The molecule has 0 aliphatic rings. The van der Waals surface area contributed by atoms with Crippen LogP contribution in [0.1, 0.15) is 24.7 Å². The van der Waals surface area contributed by atoms with Gasteiger partial charge in [-0.15, -0.1) is 6.58 Å². The van der Waals surface area contributed by atoms with Crippen molar-refractivity contribution < 1.29 is 8.78 Å². The molecule has 0 atom stereocenters. The molecule has 0 spiro atoms. The molecule has 3 nitrogen and oxygen atoms in total. The zero-order valence-corrected chi connectivity index (χ0v) is 11.3. The van der Waals surface area contributed by atoms with Crippen LogP contribution in [0.5, 0.6) is 0 Å². The molecule has 106 valence electrons. The van der Waals surface area contributed by atoms with E-state index in [1.54, 1.807) is 18.2 Å². The first-order valence-corrected chi connectivity index (χ1v) is 6.42. The van der Waals surface area contributed by atoms with E-state index in [-0.39, 0.29) is 5.56 Å². The standard InChI is InChI=1S/C15H17F2N3/c1-3-8-20-12(4-2)19-13(15(20)18)10-6-5-7-11(9-10)14(16)17/h3,5-7,9,14H,1,4,8,18H2,2H3. The number of nitrogen functional groups attached to an aromatic ring is 1. The molecule has 0 unspecified atom stereocenters. The van der Waals surface area contributed by atoms with Gasteiger partial charge < -0.3 is 10.3 Å². The molecule has 1 aromatic carbocycles. The molecule has 0 saturated heterocycles. The molecule has 0 aliphatic heterocycles. The zero-order chi connectivity index (χ0) is 14.7. The molecule has 1 aromatic heterocycles. The Hall–Kier alpha value is -2.17. The Labute approximate surface area is 116 Å². The quantitative estimate of drug-likeness (QED) is 0.844. The molecule has 0 amide bonds. The van der Waals surface area contributed by atoms with Crippen molar-refractivity contribution >= 4 is 5.82 Å². The Morgan fingerprint density at radius 3 is 2.80 bits per heavy atom. The molecule has 0 bridgehead atoms. The first-order valence-electron chi connectivity index (χ1n) is 6.42. The summed E-state index contributed by atoms with van der Waals surface area (Å²) < 4.78 is 27.4. The van der Waals surface area contributed by atoms with Gasteiger partial charge in [0.1, 0.15) is 17.3 Å². The van der Waals surface area contributed by atoms with Crippen molar-refractivity contribution in [2.24, 2.45) is 0 Å². The molecule has 2 N–H and O–H groups in total. The smallest absolute Gasteiger partial charge is 0.263 e. The second kappa shape index (κ2) is 5.86. The molecular weight excluding hydrogens is 260 g/mol. The second-order valence-electron chi connectivity index (χ2n) is 4.44. The van der Waals surface area contributed by atoms with Crippen molar-refractivity contribution in [3.63, 3.8) is 0 Å². The van der Waals surface area contributed by atoms with Crippen LogP contribution in [0.3, 0.4) is 0 Å². The SMILES string of the molecule is C=CCn1c(CC)nc(-c2cccc(C(F)F)c2)c1N. The first-order chi connectivity index (χ1) is 9.58. The van der Waals surface area contributed by atoms with E-state index in [4.69, 9.17) is 5.73 Å². The van der Waals surface area contributed by atoms with Crippen LogP contribution in [-0.4, -0.2) is 9.55 Å². The van der Waals surface area contributed by atoms with Crippen LogP contribution in [0.2, 0.25) is 0 Å². The summed E-state index contributed by atoms with van der Waals surface area (Å²) in [5.74, 6) is 1.30. The summed E-state index contributed by atoms with van der Waals surface area (Å²) in [6, 6.07) is 6.16. The zero-order valence-electron chi connectivity index (χ0n) is 11.3. The van der Waals surface area contributed by atoms with E-state index >= 15 is 0 Å². The van der Waals surface area contributed by atoms with Gasteiger partial charge >= 0.3 is 0 Å². The Morgan fingerprint density at radius 2 is 2.20 bits per heavy atom. The summed E-state index contributed by atoms with van der Waals surface area (Å²) in [7, 11) is 0. The molecule has 0 aliphatic carbocycles. The molecule has 2 aromatic rings. The third kappa shape index (κ3) is 2.57. The predicted octanol–water partition coefficient (Wildman–Crippen LogP) is 3.82. The highest BCUT2D eigenvalue weighted by molar-refractivity contribution is 5.71. The van der Waals surface area contributed by atoms with Gasteiger partial charge in [-0.3, -0.25) is 0 Å². The summed E-state index contributed by atoms with van der Waals surface area (Å²) in [5, 5.41) is 0. The molecule has 1 heterocycles. The van der Waals surface area contributed by atoms with Crippen LogP contribution >= 0.6 is 0 Å². The Kier molecular flexibility index (Phi) is 4.17. The number of aromatic nitrogens is 2. The normalized spacial score (nSPS) is 11.0. The van der Waals surface area contributed by atoms with Crippen LogP contribution in [-0.2, 0) is 13.0 Å². The molecular formula is C15H17F2N3. The van der Waals surface area contributed by atoms with E-state index in [9.17, 15) is 8.78 Å². The van der Waals surface area contributed by atoms with Crippen LogP contribution in [0, 0.1) is 0 Å². The van der Waals surface area contributed by atoms with E-state index < -0.39 is 6.43 Å². The number of hydrogen-bond donors (Lipinski definition) is 1. The minimum atomic E-state index is -2.50. The maximum atomic E-state index is 12.8. The van der Waals surface area contributed by atoms with Gasteiger partial charge in [0.15, 0.2) is 0 Å². The third-order valence-corrected chi connectivity index (χ3v) is 3.13. The number of rotatable bonds is 5. The average Bonchev–Trinajstić information content (AvgIpc) is 2.76. The monoisotopic (exact) mass is 277 g/mol. The lowest BCUT2D eigenvalue weighted by atomic mass is 10.1. The number of allylic oxidation sites excluding steroid dienone is 1. The number of anilines is 1. The maximum Gasteiger partial charge on any atom is 0.263 e. The summed E-state index contributed by atoms with van der Waals surface area (Å²) in [6.45, 7) is 6.21. The largest absolute Gasteiger partial charge is 0.383 e. The highest BCUT2D eigenvalue weighted by Gasteiger charge is 2.16. The molecule has 0 saturated carbocycles. The van der Waals surface area contributed by atoms with E-state index in [2.05, 4.69) is 11.6 Å². The van der Waals surface area contributed by atoms with Crippen LogP contribution in [0.25, 0.3) is 11.3 Å². The van der Waals surface area contributed by atoms with Gasteiger partial charge in [-0.25, -0.2) is 13.8 Å². The van der Waals surface area contributed by atoms with Crippen molar-refractivity contribution in [3.05, 3.63) is 48.3 Å². The minimum Gasteiger partial charge on any atom is -0.383 e. The molecule has 20 heavy (non-hydrogen) atoms. The predicted molar refractivity (Wildman–Crippen MR) is 76.6 cm³/mol. The Morgan fingerprint density at radius 1 is 1.45 bits per heavy atom. The van der Waals surface area contributed by atoms with Gasteiger partial charge in [0.05, 0.1) is 0 Å². The van der Waals surface area contributed by atoms with Gasteiger partial charge in [-0.1, -0.05) is 31.2 Å². The summed E-state index contributed by atoms with van der Waals surface area (Å²) >= 11 is 0.